The van der Waals surface area contributed by atoms with Gasteiger partial charge in [-0.2, -0.15) is 0 Å². The molecular weight excluding hydrogens is 372 g/mol. The van der Waals surface area contributed by atoms with E-state index in [1.54, 1.807) is 31.2 Å². The number of hydrogen-bond donors (Lipinski definition) is 1. The van der Waals surface area contributed by atoms with Crippen LogP contribution in [0.2, 0.25) is 0 Å². The second-order valence-corrected chi connectivity index (χ2v) is 7.37. The van der Waals surface area contributed by atoms with Gasteiger partial charge >= 0.3 is 5.97 Å². The summed E-state index contributed by atoms with van der Waals surface area (Å²) in [5.74, 6) is -0.524. The Morgan fingerprint density at radius 3 is 2.68 bits per heavy atom. The molecule has 1 atom stereocenters. The Hall–Kier alpha value is -2.86. The molecule has 28 heavy (non-hydrogen) atoms. The van der Waals surface area contributed by atoms with Crippen LogP contribution in [0, 0.1) is 0 Å². The number of amides is 1. The minimum Gasteiger partial charge on any atom is -0.462 e. The molecule has 0 aliphatic carbocycles. The van der Waals surface area contributed by atoms with Crippen molar-refractivity contribution >= 4 is 40.2 Å². The molecule has 0 radical (unpaired) electrons. The fourth-order valence-electron chi connectivity index (χ4n) is 2.74. The minimum absolute atomic E-state index is 0.122. The number of hydrogen-bond acceptors (Lipinski definition) is 5. The molecule has 2 aromatic carbocycles. The van der Waals surface area contributed by atoms with Crippen molar-refractivity contribution in [2.24, 2.45) is 0 Å². The van der Waals surface area contributed by atoms with Gasteiger partial charge in [-0.25, -0.2) is 9.78 Å². The second-order valence-electron chi connectivity index (χ2n) is 6.15. The van der Waals surface area contributed by atoms with Crippen LogP contribution in [0.15, 0.2) is 65.7 Å². The van der Waals surface area contributed by atoms with Crippen molar-refractivity contribution < 1.29 is 14.3 Å². The number of esters is 1. The van der Waals surface area contributed by atoms with Gasteiger partial charge in [-0.05, 0) is 43.7 Å². The quantitative estimate of drug-likeness (QED) is 0.455. The van der Waals surface area contributed by atoms with Crippen molar-refractivity contribution in [3.8, 4) is 0 Å². The van der Waals surface area contributed by atoms with Crippen molar-refractivity contribution in [1.82, 2.24) is 4.98 Å². The molecule has 1 heterocycles. The first-order valence-electron chi connectivity index (χ1n) is 9.21. The van der Waals surface area contributed by atoms with Gasteiger partial charge in [-0.3, -0.25) is 4.79 Å². The summed E-state index contributed by atoms with van der Waals surface area (Å²) in [5, 5.41) is 4.48. The number of anilines is 1. The summed E-state index contributed by atoms with van der Waals surface area (Å²) in [5.41, 5.74) is 1.89. The molecule has 3 aromatic rings. The Labute approximate surface area is 168 Å². The number of nitrogens with zero attached hydrogens (tertiary/aromatic N) is 1. The third-order valence-corrected chi connectivity index (χ3v) is 5.44. The van der Waals surface area contributed by atoms with Crippen LogP contribution in [-0.2, 0) is 9.53 Å². The zero-order chi connectivity index (χ0) is 19.9. The van der Waals surface area contributed by atoms with E-state index in [4.69, 9.17) is 4.74 Å². The van der Waals surface area contributed by atoms with E-state index in [1.807, 2.05) is 43.3 Å². The fourth-order valence-corrected chi connectivity index (χ4v) is 3.66. The van der Waals surface area contributed by atoms with E-state index in [0.29, 0.717) is 24.3 Å². The number of rotatable bonds is 7. The van der Waals surface area contributed by atoms with Crippen LogP contribution < -0.4 is 5.32 Å². The summed E-state index contributed by atoms with van der Waals surface area (Å²) >= 11 is 1.43. The average Bonchev–Trinajstić information content (AvgIpc) is 2.72. The molecule has 0 saturated carbocycles. The van der Waals surface area contributed by atoms with Crippen LogP contribution in [0.3, 0.4) is 0 Å². The van der Waals surface area contributed by atoms with Crippen molar-refractivity contribution in [2.45, 2.75) is 30.5 Å². The SMILES string of the molecule is CCOC(=O)c1cccc(NC(=O)C(CC)Sc2ccc3ccccc3n2)c1. The summed E-state index contributed by atoms with van der Waals surface area (Å²) in [4.78, 5) is 29.2. The maximum absolute atomic E-state index is 12.7. The molecule has 3 rings (SSSR count). The van der Waals surface area contributed by atoms with Gasteiger partial charge in [0, 0.05) is 11.1 Å². The molecule has 6 heteroatoms. The lowest BCUT2D eigenvalue weighted by atomic mass is 10.2. The number of thioether (sulfide) groups is 1. The maximum atomic E-state index is 12.7. The topological polar surface area (TPSA) is 68.3 Å². The van der Waals surface area contributed by atoms with Crippen LogP contribution in [0.1, 0.15) is 30.6 Å². The molecule has 144 valence electrons. The summed E-state index contributed by atoms with van der Waals surface area (Å²) in [6, 6.07) is 18.6. The van der Waals surface area contributed by atoms with Crippen molar-refractivity contribution in [2.75, 3.05) is 11.9 Å². The lowest BCUT2D eigenvalue weighted by molar-refractivity contribution is -0.115. The van der Waals surface area contributed by atoms with E-state index in [0.717, 1.165) is 15.9 Å². The molecule has 1 N–H and O–H groups in total. The first-order valence-corrected chi connectivity index (χ1v) is 10.1. The van der Waals surface area contributed by atoms with Crippen LogP contribution in [0.5, 0.6) is 0 Å². The van der Waals surface area contributed by atoms with Gasteiger partial charge in [0.25, 0.3) is 0 Å². The van der Waals surface area contributed by atoms with Gasteiger partial charge in [0.1, 0.15) is 0 Å². The molecule has 1 unspecified atom stereocenters. The van der Waals surface area contributed by atoms with Gasteiger partial charge < -0.3 is 10.1 Å². The van der Waals surface area contributed by atoms with Gasteiger partial charge in [0.2, 0.25) is 5.91 Å². The van der Waals surface area contributed by atoms with Crippen LogP contribution in [0.25, 0.3) is 10.9 Å². The van der Waals surface area contributed by atoms with E-state index in [1.165, 1.54) is 11.8 Å². The first-order chi connectivity index (χ1) is 13.6. The Morgan fingerprint density at radius 1 is 1.07 bits per heavy atom. The monoisotopic (exact) mass is 394 g/mol. The number of para-hydroxylation sites is 1. The molecule has 0 aliphatic rings. The third kappa shape index (κ3) is 4.89. The van der Waals surface area contributed by atoms with Gasteiger partial charge in [0.15, 0.2) is 0 Å². The summed E-state index contributed by atoms with van der Waals surface area (Å²) in [6.45, 7) is 4.03. The van der Waals surface area contributed by atoms with Gasteiger partial charge in [-0.15, -0.1) is 0 Å². The highest BCUT2D eigenvalue weighted by molar-refractivity contribution is 8.00. The Balaban J connectivity index is 1.71. The Bertz CT molecular complexity index is 990. The highest BCUT2D eigenvalue weighted by Crippen LogP contribution is 2.27. The van der Waals surface area contributed by atoms with Crippen molar-refractivity contribution in [3.63, 3.8) is 0 Å². The highest BCUT2D eigenvalue weighted by atomic mass is 32.2. The lowest BCUT2D eigenvalue weighted by Crippen LogP contribution is -2.24. The molecule has 1 aromatic heterocycles. The molecule has 0 bridgehead atoms. The largest absolute Gasteiger partial charge is 0.462 e. The predicted octanol–water partition coefficient (Wildman–Crippen LogP) is 4.92. The smallest absolute Gasteiger partial charge is 0.338 e. The third-order valence-electron chi connectivity index (χ3n) is 4.14. The van der Waals surface area contributed by atoms with Gasteiger partial charge in [-0.1, -0.05) is 49.0 Å². The lowest BCUT2D eigenvalue weighted by Gasteiger charge is -2.15. The Morgan fingerprint density at radius 2 is 1.89 bits per heavy atom. The number of fused-ring (bicyclic) bond motifs is 1. The predicted molar refractivity (Wildman–Crippen MR) is 113 cm³/mol. The number of pyridine rings is 1. The number of benzene rings is 2. The van der Waals surface area contributed by atoms with E-state index in [-0.39, 0.29) is 11.2 Å². The molecule has 0 saturated heterocycles. The number of aromatic nitrogens is 1. The van der Waals surface area contributed by atoms with E-state index in [2.05, 4.69) is 10.3 Å². The normalized spacial score (nSPS) is 11.8. The standard InChI is InChI=1S/C22H22N2O3S/c1-3-19(28-20-13-12-15-8-5-6-11-18(15)24-20)21(25)23-17-10-7-9-16(14-17)22(26)27-4-2/h5-14,19H,3-4H2,1-2H3,(H,23,25). The molecule has 0 spiro atoms. The fraction of sp³-hybridized carbons (Fsp3) is 0.227. The van der Waals surface area contributed by atoms with Crippen LogP contribution in [0.4, 0.5) is 5.69 Å². The minimum atomic E-state index is -0.402. The summed E-state index contributed by atoms with van der Waals surface area (Å²) < 4.78 is 5.01. The first kappa shape index (κ1) is 19.9. The van der Waals surface area contributed by atoms with E-state index >= 15 is 0 Å². The number of carbonyl (C=O) groups is 2. The summed E-state index contributed by atoms with van der Waals surface area (Å²) in [7, 11) is 0. The Kier molecular flexibility index (Phi) is 6.66. The van der Waals surface area contributed by atoms with Crippen molar-refractivity contribution in [1.29, 1.82) is 0 Å². The van der Waals surface area contributed by atoms with E-state index in [9.17, 15) is 9.59 Å². The van der Waals surface area contributed by atoms with E-state index < -0.39 is 5.97 Å². The number of nitrogens with one attached hydrogen (secondary N) is 1. The molecule has 0 fully saturated rings. The van der Waals surface area contributed by atoms with Gasteiger partial charge in [0.05, 0.1) is 28.0 Å². The summed E-state index contributed by atoms with van der Waals surface area (Å²) in [6.07, 6.45) is 0.655. The molecule has 0 aliphatic heterocycles. The molecule has 5 nitrogen and oxygen atoms in total. The second kappa shape index (κ2) is 9.37. The maximum Gasteiger partial charge on any atom is 0.338 e. The van der Waals surface area contributed by atoms with Crippen molar-refractivity contribution in [3.05, 3.63) is 66.2 Å². The number of carbonyl (C=O) groups excluding carboxylic acids is 2. The average molecular weight is 394 g/mol. The van der Waals surface area contributed by atoms with Crippen LogP contribution >= 0.6 is 11.8 Å². The van der Waals surface area contributed by atoms with Crippen LogP contribution in [-0.4, -0.2) is 28.7 Å². The number of ether oxygens (including phenoxy) is 1. The zero-order valence-corrected chi connectivity index (χ0v) is 16.7. The molecule has 1 amide bonds. The molecular formula is C22H22N2O3S. The highest BCUT2D eigenvalue weighted by Gasteiger charge is 2.19. The zero-order valence-electron chi connectivity index (χ0n) is 15.8.